The molecule has 1 saturated heterocycles. The van der Waals surface area contributed by atoms with Crippen molar-refractivity contribution in [2.24, 2.45) is 11.1 Å². The zero-order chi connectivity index (χ0) is 15.6. The van der Waals surface area contributed by atoms with E-state index in [9.17, 15) is 9.59 Å². The molecule has 0 aromatic rings. The number of nitrogens with zero attached hydrogens (tertiary/aromatic N) is 1. The highest BCUT2D eigenvalue weighted by Gasteiger charge is 2.41. The van der Waals surface area contributed by atoms with Crippen molar-refractivity contribution in [3.05, 3.63) is 0 Å². The van der Waals surface area contributed by atoms with E-state index >= 15 is 0 Å². The molecule has 1 heterocycles. The van der Waals surface area contributed by atoms with Crippen LogP contribution in [0.3, 0.4) is 0 Å². The molecule has 0 aliphatic carbocycles. The number of ether oxygens (including phenoxy) is 1. The van der Waals surface area contributed by atoms with Gasteiger partial charge in [-0.3, -0.25) is 9.59 Å². The van der Waals surface area contributed by atoms with Crippen LogP contribution in [0.5, 0.6) is 0 Å². The lowest BCUT2D eigenvalue weighted by atomic mass is 9.74. The molecule has 1 rings (SSSR count). The van der Waals surface area contributed by atoms with Crippen molar-refractivity contribution < 1.29 is 14.3 Å². The Bertz CT molecular complexity index is 368. The fraction of sp³-hybridized carbons (Fsp3) is 0.857. The Balaban J connectivity index is 2.63. The molecule has 0 spiro atoms. The maximum atomic E-state index is 12.3. The second kappa shape index (κ2) is 6.10. The van der Waals surface area contributed by atoms with E-state index in [1.165, 1.54) is 0 Å². The quantitative estimate of drug-likeness (QED) is 0.768. The minimum atomic E-state index is -0.757. The molecule has 1 aliphatic rings. The first kappa shape index (κ1) is 16.9. The van der Waals surface area contributed by atoms with Gasteiger partial charge in [0.15, 0.2) is 0 Å². The van der Waals surface area contributed by atoms with Crippen molar-refractivity contribution in [3.63, 3.8) is 0 Å². The highest BCUT2D eigenvalue weighted by atomic mass is 16.5. The molecule has 2 amide bonds. The van der Waals surface area contributed by atoms with Crippen LogP contribution < -0.4 is 11.1 Å². The highest BCUT2D eigenvalue weighted by molar-refractivity contribution is 5.90. The van der Waals surface area contributed by atoms with Crippen LogP contribution in [-0.4, -0.2) is 54.6 Å². The van der Waals surface area contributed by atoms with E-state index in [2.05, 4.69) is 5.32 Å². The highest BCUT2D eigenvalue weighted by Crippen LogP contribution is 2.28. The predicted molar refractivity (Wildman–Crippen MR) is 77.1 cm³/mol. The van der Waals surface area contributed by atoms with E-state index in [0.717, 1.165) is 0 Å². The lowest BCUT2D eigenvalue weighted by molar-refractivity contribution is -0.142. The summed E-state index contributed by atoms with van der Waals surface area (Å²) >= 11 is 0. The van der Waals surface area contributed by atoms with E-state index in [1.54, 1.807) is 39.5 Å². The summed E-state index contributed by atoms with van der Waals surface area (Å²) in [6, 6.07) is -0.553. The first-order valence-corrected chi connectivity index (χ1v) is 7.04. The molecule has 1 atom stereocenters. The molecule has 0 aromatic heterocycles. The maximum absolute atomic E-state index is 12.3. The van der Waals surface area contributed by atoms with Crippen molar-refractivity contribution >= 4 is 11.8 Å². The van der Waals surface area contributed by atoms with Crippen LogP contribution >= 0.6 is 0 Å². The third kappa shape index (κ3) is 3.70. The first-order chi connectivity index (χ1) is 9.07. The van der Waals surface area contributed by atoms with E-state index in [0.29, 0.717) is 26.3 Å². The Hall–Kier alpha value is -1.14. The summed E-state index contributed by atoms with van der Waals surface area (Å²) in [7, 11) is 0. The van der Waals surface area contributed by atoms with Crippen LogP contribution in [0.4, 0.5) is 0 Å². The zero-order valence-corrected chi connectivity index (χ0v) is 13.2. The third-order valence-corrected chi connectivity index (χ3v) is 4.22. The third-order valence-electron chi connectivity index (χ3n) is 4.22. The smallest absolute Gasteiger partial charge is 0.245 e. The number of nitrogens with one attached hydrogen (secondary N) is 1. The number of morpholine rings is 1. The van der Waals surface area contributed by atoms with Crippen molar-refractivity contribution in [1.29, 1.82) is 0 Å². The van der Waals surface area contributed by atoms with Gasteiger partial charge in [-0.05, 0) is 34.6 Å². The second-order valence-electron chi connectivity index (χ2n) is 6.48. The number of hydrogen-bond donors (Lipinski definition) is 2. The van der Waals surface area contributed by atoms with Crippen LogP contribution in [0.15, 0.2) is 0 Å². The average molecular weight is 285 g/mol. The molecule has 6 nitrogen and oxygen atoms in total. The van der Waals surface area contributed by atoms with Gasteiger partial charge < -0.3 is 20.7 Å². The van der Waals surface area contributed by atoms with Crippen molar-refractivity contribution in [2.75, 3.05) is 26.3 Å². The Morgan fingerprint density at radius 3 is 2.15 bits per heavy atom. The van der Waals surface area contributed by atoms with Crippen LogP contribution in [0.2, 0.25) is 0 Å². The summed E-state index contributed by atoms with van der Waals surface area (Å²) in [5, 5.41) is 2.77. The van der Waals surface area contributed by atoms with Gasteiger partial charge in [0, 0.05) is 18.6 Å². The monoisotopic (exact) mass is 285 g/mol. The number of rotatable bonds is 4. The van der Waals surface area contributed by atoms with Crippen LogP contribution in [0, 0.1) is 5.41 Å². The lowest BCUT2D eigenvalue weighted by Gasteiger charge is -2.38. The topological polar surface area (TPSA) is 84.7 Å². The minimum Gasteiger partial charge on any atom is -0.378 e. The Morgan fingerprint density at radius 2 is 1.70 bits per heavy atom. The molecular formula is C14H27N3O3. The normalized spacial score (nSPS) is 18.6. The van der Waals surface area contributed by atoms with Crippen molar-refractivity contribution in [3.8, 4) is 0 Å². The van der Waals surface area contributed by atoms with Crippen molar-refractivity contribution in [2.45, 2.75) is 46.2 Å². The molecule has 1 unspecified atom stereocenters. The first-order valence-electron chi connectivity index (χ1n) is 7.04. The maximum Gasteiger partial charge on any atom is 0.245 e. The summed E-state index contributed by atoms with van der Waals surface area (Å²) in [5.74, 6) is -0.286. The number of hydrogen-bond acceptors (Lipinski definition) is 4. The SMILES string of the molecule is CC(NC(=O)C(C)(C)C(C)(C)N)C(=O)N1CCOCC1. The van der Waals surface area contributed by atoms with E-state index in [4.69, 9.17) is 10.5 Å². The number of amides is 2. The van der Waals surface area contributed by atoms with Gasteiger partial charge in [-0.1, -0.05) is 0 Å². The van der Waals surface area contributed by atoms with Crippen LogP contribution in [0.25, 0.3) is 0 Å². The fourth-order valence-corrected chi connectivity index (χ4v) is 1.79. The molecular weight excluding hydrogens is 258 g/mol. The largest absolute Gasteiger partial charge is 0.378 e. The van der Waals surface area contributed by atoms with Gasteiger partial charge >= 0.3 is 0 Å². The summed E-state index contributed by atoms with van der Waals surface area (Å²) in [5.41, 5.74) is 4.61. The van der Waals surface area contributed by atoms with Crippen LogP contribution in [0.1, 0.15) is 34.6 Å². The summed E-state index contributed by atoms with van der Waals surface area (Å²) in [4.78, 5) is 26.3. The summed E-state index contributed by atoms with van der Waals surface area (Å²) < 4.78 is 5.21. The Kier molecular flexibility index (Phi) is 5.15. The second-order valence-corrected chi connectivity index (χ2v) is 6.48. The van der Waals surface area contributed by atoms with Gasteiger partial charge in [0.1, 0.15) is 6.04 Å². The zero-order valence-electron chi connectivity index (χ0n) is 13.2. The molecule has 0 aromatic carbocycles. The molecule has 0 bridgehead atoms. The molecule has 1 aliphatic heterocycles. The molecule has 6 heteroatoms. The standard InChI is InChI=1S/C14H27N3O3/c1-10(11(18)17-6-8-20-9-7-17)16-12(19)13(2,3)14(4,5)15/h10H,6-9,15H2,1-5H3,(H,16,19). The molecule has 116 valence electrons. The van der Waals surface area contributed by atoms with E-state index in [-0.39, 0.29) is 11.8 Å². The van der Waals surface area contributed by atoms with E-state index < -0.39 is 17.0 Å². The Morgan fingerprint density at radius 1 is 1.20 bits per heavy atom. The molecule has 0 radical (unpaired) electrons. The minimum absolute atomic E-state index is 0.0766. The molecule has 0 saturated carbocycles. The molecule has 20 heavy (non-hydrogen) atoms. The van der Waals surface area contributed by atoms with Gasteiger partial charge in [-0.15, -0.1) is 0 Å². The van der Waals surface area contributed by atoms with Gasteiger partial charge in [0.05, 0.1) is 18.6 Å². The predicted octanol–water partition coefficient (Wildman–Crippen LogP) is 0.113. The average Bonchev–Trinajstić information content (AvgIpc) is 2.37. The van der Waals surface area contributed by atoms with E-state index in [1.807, 2.05) is 0 Å². The Labute approximate surface area is 121 Å². The summed E-state index contributed by atoms with van der Waals surface area (Å²) in [6.07, 6.45) is 0. The molecule has 3 N–H and O–H groups in total. The van der Waals surface area contributed by atoms with Gasteiger partial charge in [0.25, 0.3) is 0 Å². The van der Waals surface area contributed by atoms with Gasteiger partial charge in [0.2, 0.25) is 11.8 Å². The fourth-order valence-electron chi connectivity index (χ4n) is 1.79. The summed E-state index contributed by atoms with van der Waals surface area (Å²) in [6.45, 7) is 11.1. The molecule has 1 fully saturated rings. The number of carbonyl (C=O) groups is 2. The van der Waals surface area contributed by atoms with Gasteiger partial charge in [-0.25, -0.2) is 0 Å². The van der Waals surface area contributed by atoms with Gasteiger partial charge in [-0.2, -0.15) is 0 Å². The van der Waals surface area contributed by atoms with Crippen LogP contribution in [-0.2, 0) is 14.3 Å². The number of nitrogens with two attached hydrogens (primary N) is 1. The lowest BCUT2D eigenvalue weighted by Crippen LogP contribution is -2.59. The van der Waals surface area contributed by atoms with Crippen molar-refractivity contribution in [1.82, 2.24) is 10.2 Å². The number of carbonyl (C=O) groups excluding carboxylic acids is 2.